The number of rotatable bonds is 6. The Labute approximate surface area is 171 Å². The molecule has 2 amide bonds. The van der Waals surface area contributed by atoms with Gasteiger partial charge in [0.1, 0.15) is 12.1 Å². The molecule has 2 aromatic carbocycles. The van der Waals surface area contributed by atoms with E-state index < -0.39 is 11.7 Å². The molecule has 0 saturated heterocycles. The standard InChI is InChI=1S/C22H27ClN2O3/c1-22(2,3)28-21(27)24-14-20(26)25(4)15-17-6-5-7-19(12-17)18-10-8-16(13-23)9-11-18/h5-12H,13-15H2,1-4H3,(H,24,27). The van der Waals surface area contributed by atoms with Gasteiger partial charge >= 0.3 is 6.09 Å². The Morgan fingerprint density at radius 2 is 1.71 bits per heavy atom. The van der Waals surface area contributed by atoms with Gasteiger partial charge in [0, 0.05) is 19.5 Å². The average molecular weight is 403 g/mol. The smallest absolute Gasteiger partial charge is 0.408 e. The highest BCUT2D eigenvalue weighted by atomic mass is 35.5. The fraction of sp³-hybridized carbons (Fsp3) is 0.364. The highest BCUT2D eigenvalue weighted by Crippen LogP contribution is 2.22. The molecule has 0 aliphatic heterocycles. The van der Waals surface area contributed by atoms with Crippen molar-refractivity contribution in [3.05, 3.63) is 59.7 Å². The lowest BCUT2D eigenvalue weighted by atomic mass is 10.0. The van der Waals surface area contributed by atoms with Gasteiger partial charge in [-0.25, -0.2) is 4.79 Å². The summed E-state index contributed by atoms with van der Waals surface area (Å²) < 4.78 is 5.14. The number of likely N-dealkylation sites (N-methyl/N-ethyl adjacent to an activating group) is 1. The summed E-state index contributed by atoms with van der Waals surface area (Å²) in [6, 6.07) is 16.1. The summed E-state index contributed by atoms with van der Waals surface area (Å²) in [5.74, 6) is 0.299. The van der Waals surface area contributed by atoms with Crippen LogP contribution in [0.5, 0.6) is 0 Å². The van der Waals surface area contributed by atoms with Crippen LogP contribution in [0.2, 0.25) is 0 Å². The molecule has 0 radical (unpaired) electrons. The van der Waals surface area contributed by atoms with E-state index in [9.17, 15) is 9.59 Å². The second kappa shape index (κ2) is 9.60. The van der Waals surface area contributed by atoms with Crippen molar-refractivity contribution in [1.82, 2.24) is 10.2 Å². The van der Waals surface area contributed by atoms with Gasteiger partial charge in [0.15, 0.2) is 0 Å². The quantitative estimate of drug-likeness (QED) is 0.719. The van der Waals surface area contributed by atoms with E-state index in [0.717, 1.165) is 22.3 Å². The second-order valence-electron chi connectivity index (χ2n) is 7.64. The van der Waals surface area contributed by atoms with Gasteiger partial charge < -0.3 is 15.0 Å². The van der Waals surface area contributed by atoms with Crippen LogP contribution in [-0.4, -0.2) is 36.1 Å². The average Bonchev–Trinajstić information content (AvgIpc) is 2.65. The number of alkyl halides is 1. The van der Waals surface area contributed by atoms with E-state index in [4.69, 9.17) is 16.3 Å². The van der Waals surface area contributed by atoms with E-state index in [1.807, 2.05) is 42.5 Å². The molecule has 2 aromatic rings. The number of carbonyl (C=O) groups is 2. The Hall–Kier alpha value is -2.53. The molecule has 0 aliphatic rings. The van der Waals surface area contributed by atoms with E-state index in [2.05, 4.69) is 11.4 Å². The number of alkyl carbamates (subject to hydrolysis) is 1. The molecule has 0 aromatic heterocycles. The maximum absolute atomic E-state index is 12.3. The summed E-state index contributed by atoms with van der Waals surface area (Å²) in [5, 5.41) is 2.49. The number of amides is 2. The molecule has 28 heavy (non-hydrogen) atoms. The monoisotopic (exact) mass is 402 g/mol. The molecule has 0 fully saturated rings. The summed E-state index contributed by atoms with van der Waals surface area (Å²) in [6.07, 6.45) is -0.600. The number of benzene rings is 2. The molecule has 0 aliphatic carbocycles. The van der Waals surface area contributed by atoms with Crippen molar-refractivity contribution in [2.45, 2.75) is 38.8 Å². The van der Waals surface area contributed by atoms with Crippen LogP contribution in [0.1, 0.15) is 31.9 Å². The molecule has 1 N–H and O–H groups in total. The van der Waals surface area contributed by atoms with Crippen LogP contribution < -0.4 is 5.32 Å². The zero-order chi connectivity index (χ0) is 20.7. The molecule has 2 rings (SSSR count). The summed E-state index contributed by atoms with van der Waals surface area (Å²) in [5.41, 5.74) is 3.65. The maximum atomic E-state index is 12.3. The van der Waals surface area contributed by atoms with Crippen LogP contribution in [0.15, 0.2) is 48.5 Å². The third-order valence-corrected chi connectivity index (χ3v) is 4.31. The predicted octanol–water partition coefficient (Wildman–Crippen LogP) is 4.58. The third-order valence-electron chi connectivity index (χ3n) is 4.00. The Balaban J connectivity index is 1.95. The van der Waals surface area contributed by atoms with Crippen LogP contribution in [0.4, 0.5) is 4.79 Å². The SMILES string of the molecule is CN(Cc1cccc(-c2ccc(CCl)cc2)c1)C(=O)CNC(=O)OC(C)(C)C. The number of nitrogens with zero attached hydrogens (tertiary/aromatic N) is 1. The van der Waals surface area contributed by atoms with E-state index in [0.29, 0.717) is 12.4 Å². The van der Waals surface area contributed by atoms with Gasteiger partial charge in [0.2, 0.25) is 5.91 Å². The van der Waals surface area contributed by atoms with E-state index in [1.54, 1.807) is 32.7 Å². The Bertz CT molecular complexity index is 813. The molecule has 0 bridgehead atoms. The first-order valence-electron chi connectivity index (χ1n) is 9.13. The number of nitrogens with one attached hydrogen (secondary N) is 1. The molecular formula is C22H27ClN2O3. The second-order valence-corrected chi connectivity index (χ2v) is 7.90. The first kappa shape index (κ1) is 21.8. The van der Waals surface area contributed by atoms with Crippen LogP contribution in [0, 0.1) is 0 Å². The van der Waals surface area contributed by atoms with Crippen molar-refractivity contribution in [3.63, 3.8) is 0 Å². The highest BCUT2D eigenvalue weighted by molar-refractivity contribution is 6.17. The minimum atomic E-state index is -0.600. The summed E-state index contributed by atoms with van der Waals surface area (Å²) >= 11 is 5.84. The number of halogens is 1. The molecule has 0 saturated carbocycles. The van der Waals surface area contributed by atoms with Gasteiger partial charge in [-0.2, -0.15) is 0 Å². The fourth-order valence-electron chi connectivity index (χ4n) is 2.59. The lowest BCUT2D eigenvalue weighted by Crippen LogP contribution is -2.40. The van der Waals surface area contributed by atoms with Crippen molar-refractivity contribution in [3.8, 4) is 11.1 Å². The van der Waals surface area contributed by atoms with Gasteiger partial charge in [-0.1, -0.05) is 42.5 Å². The molecule has 0 atom stereocenters. The topological polar surface area (TPSA) is 58.6 Å². The van der Waals surface area contributed by atoms with Gasteiger partial charge in [0.25, 0.3) is 0 Å². The Morgan fingerprint density at radius 3 is 2.32 bits per heavy atom. The van der Waals surface area contributed by atoms with Gasteiger partial charge in [0.05, 0.1) is 0 Å². The lowest BCUT2D eigenvalue weighted by molar-refractivity contribution is -0.129. The van der Waals surface area contributed by atoms with Crippen LogP contribution in [-0.2, 0) is 22.0 Å². The normalized spacial score (nSPS) is 11.0. The summed E-state index contributed by atoms with van der Waals surface area (Å²) in [7, 11) is 1.71. The van der Waals surface area contributed by atoms with Crippen LogP contribution >= 0.6 is 11.6 Å². The molecule has 6 heteroatoms. The van der Waals surface area contributed by atoms with E-state index in [1.165, 1.54) is 0 Å². The molecule has 5 nitrogen and oxygen atoms in total. The lowest BCUT2D eigenvalue weighted by Gasteiger charge is -2.21. The molecule has 150 valence electrons. The zero-order valence-electron chi connectivity index (χ0n) is 16.8. The van der Waals surface area contributed by atoms with E-state index >= 15 is 0 Å². The van der Waals surface area contributed by atoms with Crippen molar-refractivity contribution in [2.75, 3.05) is 13.6 Å². The fourth-order valence-corrected chi connectivity index (χ4v) is 2.77. The van der Waals surface area contributed by atoms with Gasteiger partial charge in [-0.05, 0) is 49.1 Å². The minimum absolute atomic E-state index is 0.106. The van der Waals surface area contributed by atoms with Gasteiger partial charge in [-0.3, -0.25) is 4.79 Å². The van der Waals surface area contributed by atoms with E-state index in [-0.39, 0.29) is 12.5 Å². The maximum Gasteiger partial charge on any atom is 0.408 e. The first-order valence-corrected chi connectivity index (χ1v) is 9.66. The van der Waals surface area contributed by atoms with Crippen molar-refractivity contribution in [2.24, 2.45) is 0 Å². The highest BCUT2D eigenvalue weighted by Gasteiger charge is 2.17. The van der Waals surface area contributed by atoms with Gasteiger partial charge in [-0.15, -0.1) is 11.6 Å². The number of hydrogen-bond donors (Lipinski definition) is 1. The molecule has 0 spiro atoms. The summed E-state index contributed by atoms with van der Waals surface area (Å²) in [6.45, 7) is 5.66. The van der Waals surface area contributed by atoms with Crippen LogP contribution in [0.3, 0.4) is 0 Å². The minimum Gasteiger partial charge on any atom is -0.444 e. The molecule has 0 heterocycles. The first-order chi connectivity index (χ1) is 13.2. The van der Waals surface area contributed by atoms with Crippen molar-refractivity contribution >= 4 is 23.6 Å². The third kappa shape index (κ3) is 6.89. The number of carbonyl (C=O) groups excluding carboxylic acids is 2. The largest absolute Gasteiger partial charge is 0.444 e. The Morgan fingerprint density at radius 1 is 1.04 bits per heavy atom. The Kier molecular flexibility index (Phi) is 7.46. The van der Waals surface area contributed by atoms with Crippen molar-refractivity contribution < 1.29 is 14.3 Å². The van der Waals surface area contributed by atoms with Crippen LogP contribution in [0.25, 0.3) is 11.1 Å². The molecule has 0 unspecified atom stereocenters. The summed E-state index contributed by atoms with van der Waals surface area (Å²) in [4.78, 5) is 25.5. The molecular weight excluding hydrogens is 376 g/mol. The van der Waals surface area contributed by atoms with Crippen molar-refractivity contribution in [1.29, 1.82) is 0 Å². The number of ether oxygens (including phenoxy) is 1. The zero-order valence-corrected chi connectivity index (χ0v) is 17.5. The predicted molar refractivity (Wildman–Crippen MR) is 112 cm³/mol. The number of hydrogen-bond acceptors (Lipinski definition) is 3.